The third-order valence-electron chi connectivity index (χ3n) is 2.84. The number of rotatable bonds is 7. The Labute approximate surface area is 119 Å². The van der Waals surface area contributed by atoms with Crippen molar-refractivity contribution in [2.45, 2.75) is 33.2 Å². The fraction of sp³-hybridized carbons (Fsp3) is 0.400. The van der Waals surface area contributed by atoms with Gasteiger partial charge < -0.3 is 10.6 Å². The van der Waals surface area contributed by atoms with Crippen molar-refractivity contribution in [1.82, 2.24) is 15.0 Å². The number of pyridine rings is 1. The van der Waals surface area contributed by atoms with Gasteiger partial charge in [-0.25, -0.2) is 4.98 Å². The maximum absolute atomic E-state index is 4.46. The minimum atomic E-state index is 0.658. The second-order valence-corrected chi connectivity index (χ2v) is 4.67. The molecular weight excluding hydrogens is 250 g/mol. The van der Waals surface area contributed by atoms with E-state index in [9.17, 15) is 0 Å². The van der Waals surface area contributed by atoms with Crippen LogP contribution in [0.2, 0.25) is 0 Å². The normalized spacial score (nSPS) is 10.3. The molecule has 2 aromatic rings. The summed E-state index contributed by atoms with van der Waals surface area (Å²) in [7, 11) is 0. The Morgan fingerprint density at radius 1 is 1.15 bits per heavy atom. The van der Waals surface area contributed by atoms with E-state index in [0.717, 1.165) is 36.6 Å². The zero-order valence-electron chi connectivity index (χ0n) is 12.1. The summed E-state index contributed by atoms with van der Waals surface area (Å²) in [6.07, 6.45) is 4.07. The topological polar surface area (TPSA) is 62.7 Å². The van der Waals surface area contributed by atoms with Crippen LogP contribution in [0.1, 0.15) is 31.2 Å². The summed E-state index contributed by atoms with van der Waals surface area (Å²) in [5.74, 6) is 1.50. The lowest BCUT2D eigenvalue weighted by Gasteiger charge is -2.09. The summed E-state index contributed by atoms with van der Waals surface area (Å²) in [5, 5.41) is 6.53. The first-order valence-electron chi connectivity index (χ1n) is 7.01. The maximum atomic E-state index is 4.46. The smallest absolute Gasteiger partial charge is 0.224 e. The first-order valence-corrected chi connectivity index (χ1v) is 7.01. The van der Waals surface area contributed by atoms with Crippen LogP contribution in [-0.2, 0) is 6.54 Å². The molecule has 0 saturated heterocycles. The highest BCUT2D eigenvalue weighted by Gasteiger charge is 2.02. The van der Waals surface area contributed by atoms with Crippen LogP contribution in [0.25, 0.3) is 0 Å². The number of aryl methyl sites for hydroxylation is 1. The van der Waals surface area contributed by atoms with Crippen LogP contribution >= 0.6 is 0 Å². The number of nitrogens with zero attached hydrogens (tertiary/aromatic N) is 3. The van der Waals surface area contributed by atoms with Crippen LogP contribution in [0.15, 0.2) is 30.5 Å². The molecule has 0 saturated carbocycles. The Morgan fingerprint density at radius 2 is 2.05 bits per heavy atom. The zero-order chi connectivity index (χ0) is 14.2. The third kappa shape index (κ3) is 4.50. The van der Waals surface area contributed by atoms with Crippen LogP contribution in [0.4, 0.5) is 11.8 Å². The lowest BCUT2D eigenvalue weighted by atomic mass is 10.3. The van der Waals surface area contributed by atoms with Gasteiger partial charge in [-0.05, 0) is 25.5 Å². The number of anilines is 2. The number of nitrogens with one attached hydrogen (secondary N) is 2. The van der Waals surface area contributed by atoms with Crippen molar-refractivity contribution >= 4 is 11.8 Å². The van der Waals surface area contributed by atoms with Crippen molar-refractivity contribution in [1.29, 1.82) is 0 Å². The SMILES string of the molecule is CCCCNc1nc(C)cc(NCc2ccccn2)n1. The van der Waals surface area contributed by atoms with E-state index in [1.54, 1.807) is 6.20 Å². The molecule has 0 radical (unpaired) electrons. The van der Waals surface area contributed by atoms with Gasteiger partial charge in [-0.3, -0.25) is 4.98 Å². The van der Waals surface area contributed by atoms with Crippen molar-refractivity contribution < 1.29 is 0 Å². The molecule has 0 aliphatic rings. The van der Waals surface area contributed by atoms with Crippen LogP contribution < -0.4 is 10.6 Å². The van der Waals surface area contributed by atoms with Crippen molar-refractivity contribution in [3.63, 3.8) is 0 Å². The molecule has 0 aromatic carbocycles. The molecule has 0 aliphatic carbocycles. The number of aromatic nitrogens is 3. The molecule has 106 valence electrons. The highest BCUT2D eigenvalue weighted by atomic mass is 15.1. The summed E-state index contributed by atoms with van der Waals surface area (Å²) >= 11 is 0. The lowest BCUT2D eigenvalue weighted by Crippen LogP contribution is -2.09. The molecule has 5 nitrogen and oxygen atoms in total. The van der Waals surface area contributed by atoms with Gasteiger partial charge in [-0.1, -0.05) is 19.4 Å². The predicted molar refractivity (Wildman–Crippen MR) is 81.7 cm³/mol. The zero-order valence-corrected chi connectivity index (χ0v) is 12.1. The van der Waals surface area contributed by atoms with Crippen molar-refractivity contribution in [2.24, 2.45) is 0 Å². The van der Waals surface area contributed by atoms with Gasteiger partial charge in [0.1, 0.15) is 5.82 Å². The first-order chi connectivity index (χ1) is 9.78. The molecule has 0 fully saturated rings. The van der Waals surface area contributed by atoms with Crippen molar-refractivity contribution in [3.05, 3.63) is 41.9 Å². The minimum absolute atomic E-state index is 0.658. The van der Waals surface area contributed by atoms with E-state index in [4.69, 9.17) is 0 Å². The molecule has 2 heterocycles. The molecule has 0 aliphatic heterocycles. The summed E-state index contributed by atoms with van der Waals surface area (Å²) < 4.78 is 0. The summed E-state index contributed by atoms with van der Waals surface area (Å²) in [6.45, 7) is 5.70. The van der Waals surface area contributed by atoms with E-state index in [-0.39, 0.29) is 0 Å². The van der Waals surface area contributed by atoms with E-state index in [0.29, 0.717) is 12.5 Å². The van der Waals surface area contributed by atoms with Gasteiger partial charge in [0.05, 0.1) is 12.2 Å². The minimum Gasteiger partial charge on any atom is -0.364 e. The molecular formula is C15H21N5. The predicted octanol–water partition coefficient (Wildman–Crippen LogP) is 3.00. The monoisotopic (exact) mass is 271 g/mol. The van der Waals surface area contributed by atoms with Crippen molar-refractivity contribution in [3.8, 4) is 0 Å². The second-order valence-electron chi connectivity index (χ2n) is 4.67. The highest BCUT2D eigenvalue weighted by Crippen LogP contribution is 2.10. The van der Waals surface area contributed by atoms with Crippen LogP contribution in [0, 0.1) is 6.92 Å². The fourth-order valence-electron chi connectivity index (χ4n) is 1.80. The Balaban J connectivity index is 1.97. The van der Waals surface area contributed by atoms with Gasteiger partial charge in [0, 0.05) is 24.5 Å². The Kier molecular flexibility index (Phi) is 5.29. The Morgan fingerprint density at radius 3 is 2.80 bits per heavy atom. The molecule has 0 bridgehead atoms. The average Bonchev–Trinajstić information content (AvgIpc) is 2.46. The van der Waals surface area contributed by atoms with Crippen LogP contribution in [-0.4, -0.2) is 21.5 Å². The first kappa shape index (κ1) is 14.2. The third-order valence-corrected chi connectivity index (χ3v) is 2.84. The second kappa shape index (κ2) is 7.43. The van der Waals surface area contributed by atoms with Gasteiger partial charge in [-0.15, -0.1) is 0 Å². The number of hydrogen-bond donors (Lipinski definition) is 2. The molecule has 2 rings (SSSR count). The standard InChI is InChI=1S/C15H21N5/c1-3-4-8-17-15-19-12(2)10-14(20-15)18-11-13-7-5-6-9-16-13/h5-7,9-10H,3-4,8,11H2,1-2H3,(H2,17,18,19,20). The van der Waals surface area contributed by atoms with Gasteiger partial charge in [0.15, 0.2) is 0 Å². The number of unbranched alkanes of at least 4 members (excludes halogenated alkanes) is 1. The van der Waals surface area contributed by atoms with Crippen LogP contribution in [0.3, 0.4) is 0 Å². The summed E-state index contributed by atoms with van der Waals surface area (Å²) in [5.41, 5.74) is 1.94. The molecule has 5 heteroatoms. The van der Waals surface area contributed by atoms with Gasteiger partial charge in [0.2, 0.25) is 5.95 Å². The molecule has 2 N–H and O–H groups in total. The van der Waals surface area contributed by atoms with Gasteiger partial charge in [-0.2, -0.15) is 4.98 Å². The summed E-state index contributed by atoms with van der Waals surface area (Å²) in [6, 6.07) is 7.82. The van der Waals surface area contributed by atoms with E-state index < -0.39 is 0 Å². The van der Waals surface area contributed by atoms with Gasteiger partial charge >= 0.3 is 0 Å². The highest BCUT2D eigenvalue weighted by molar-refractivity contribution is 5.42. The van der Waals surface area contributed by atoms with E-state index >= 15 is 0 Å². The quantitative estimate of drug-likeness (QED) is 0.758. The molecule has 0 unspecified atom stereocenters. The van der Waals surface area contributed by atoms with Gasteiger partial charge in [0.25, 0.3) is 0 Å². The van der Waals surface area contributed by atoms with Crippen molar-refractivity contribution in [2.75, 3.05) is 17.2 Å². The maximum Gasteiger partial charge on any atom is 0.224 e. The lowest BCUT2D eigenvalue weighted by molar-refractivity contribution is 0.825. The van der Waals surface area contributed by atoms with E-state index in [1.165, 1.54) is 0 Å². The molecule has 0 amide bonds. The van der Waals surface area contributed by atoms with Crippen LogP contribution in [0.5, 0.6) is 0 Å². The van der Waals surface area contributed by atoms with E-state index in [1.807, 2.05) is 31.2 Å². The summed E-state index contributed by atoms with van der Waals surface area (Å²) in [4.78, 5) is 13.1. The number of hydrogen-bond acceptors (Lipinski definition) is 5. The van der Waals surface area contributed by atoms with E-state index in [2.05, 4.69) is 32.5 Å². The largest absolute Gasteiger partial charge is 0.364 e. The average molecular weight is 271 g/mol. The molecule has 0 atom stereocenters. The molecule has 2 aromatic heterocycles. The Hall–Kier alpha value is -2.17. The molecule has 20 heavy (non-hydrogen) atoms. The molecule has 0 spiro atoms. The fourth-order valence-corrected chi connectivity index (χ4v) is 1.80. The Bertz CT molecular complexity index is 527.